The van der Waals surface area contributed by atoms with Gasteiger partial charge in [0.1, 0.15) is 5.41 Å². The van der Waals surface area contributed by atoms with Crippen LogP contribution in [-0.2, 0) is 4.79 Å². The average molecular weight is 220 g/mol. The van der Waals surface area contributed by atoms with Crippen LogP contribution < -0.4 is 0 Å². The summed E-state index contributed by atoms with van der Waals surface area (Å²) < 4.78 is 0. The lowest BCUT2D eigenvalue weighted by Crippen LogP contribution is -2.50. The predicted octanol–water partition coefficient (Wildman–Crippen LogP) is 2.47. The summed E-state index contributed by atoms with van der Waals surface area (Å²) in [6.45, 7) is 2.97. The van der Waals surface area contributed by atoms with Gasteiger partial charge in [-0.15, -0.1) is 0 Å². The number of rotatable bonds is 1. The van der Waals surface area contributed by atoms with E-state index in [1.807, 2.05) is 4.90 Å². The highest BCUT2D eigenvalue weighted by Gasteiger charge is 2.47. The fourth-order valence-electron chi connectivity index (χ4n) is 2.76. The Hall–Kier alpha value is -1.04. The van der Waals surface area contributed by atoms with E-state index in [4.69, 9.17) is 0 Å². The van der Waals surface area contributed by atoms with E-state index in [0.29, 0.717) is 6.04 Å². The first-order valence-corrected chi connectivity index (χ1v) is 6.42. The molecule has 2 aliphatic rings. The number of carbonyl (C=O) groups is 1. The quantitative estimate of drug-likeness (QED) is 0.681. The van der Waals surface area contributed by atoms with Crippen LogP contribution >= 0.6 is 0 Å². The molecule has 1 heterocycles. The lowest BCUT2D eigenvalue weighted by molar-refractivity contribution is -0.145. The highest BCUT2D eigenvalue weighted by Crippen LogP contribution is 2.42. The lowest BCUT2D eigenvalue weighted by atomic mass is 9.69. The maximum absolute atomic E-state index is 12.4. The highest BCUT2D eigenvalue weighted by molar-refractivity contribution is 5.86. The van der Waals surface area contributed by atoms with Crippen LogP contribution in [0.2, 0.25) is 0 Å². The molecule has 0 bridgehead atoms. The van der Waals surface area contributed by atoms with Crippen molar-refractivity contribution in [1.29, 1.82) is 5.26 Å². The number of nitrogens with zero attached hydrogens (tertiary/aromatic N) is 2. The maximum Gasteiger partial charge on any atom is 0.243 e. The van der Waals surface area contributed by atoms with Gasteiger partial charge in [0, 0.05) is 12.6 Å². The third kappa shape index (κ3) is 1.81. The average Bonchev–Trinajstić information content (AvgIpc) is 2.42. The molecule has 0 spiro atoms. The molecule has 2 fully saturated rings. The summed E-state index contributed by atoms with van der Waals surface area (Å²) in [4.78, 5) is 14.4. The number of hydrogen-bond donors (Lipinski definition) is 0. The van der Waals surface area contributed by atoms with E-state index < -0.39 is 5.41 Å². The van der Waals surface area contributed by atoms with Gasteiger partial charge in [-0.05, 0) is 39.0 Å². The van der Waals surface area contributed by atoms with Crippen molar-refractivity contribution >= 4 is 5.91 Å². The van der Waals surface area contributed by atoms with Crippen molar-refractivity contribution in [2.75, 3.05) is 6.54 Å². The number of hydrogen-bond acceptors (Lipinski definition) is 2. The number of nitriles is 1. The second-order valence-electron chi connectivity index (χ2n) is 5.24. The molecular weight excluding hydrogens is 200 g/mol. The zero-order chi connectivity index (χ0) is 11.6. The molecule has 1 aliphatic heterocycles. The normalized spacial score (nSPS) is 28.8. The van der Waals surface area contributed by atoms with Crippen molar-refractivity contribution in [3.63, 3.8) is 0 Å². The molecule has 3 heteroatoms. The number of likely N-dealkylation sites (tertiary alicyclic amines) is 1. The summed E-state index contributed by atoms with van der Waals surface area (Å²) >= 11 is 0. The highest BCUT2D eigenvalue weighted by atomic mass is 16.2. The Labute approximate surface area is 97.4 Å². The van der Waals surface area contributed by atoms with Gasteiger partial charge in [-0.2, -0.15) is 5.26 Å². The third-order valence-electron chi connectivity index (χ3n) is 4.14. The minimum atomic E-state index is -0.654. The predicted molar refractivity (Wildman–Crippen MR) is 61.5 cm³/mol. The smallest absolute Gasteiger partial charge is 0.243 e. The molecule has 1 aliphatic carbocycles. The number of amides is 1. The molecule has 0 aromatic rings. The fourth-order valence-corrected chi connectivity index (χ4v) is 2.76. The van der Waals surface area contributed by atoms with E-state index in [2.05, 4.69) is 13.0 Å². The minimum absolute atomic E-state index is 0.107. The summed E-state index contributed by atoms with van der Waals surface area (Å²) in [5.41, 5.74) is -0.654. The molecule has 0 N–H and O–H groups in total. The molecule has 0 radical (unpaired) electrons. The minimum Gasteiger partial charge on any atom is -0.339 e. The van der Waals surface area contributed by atoms with Crippen LogP contribution in [0, 0.1) is 16.7 Å². The Morgan fingerprint density at radius 2 is 2.06 bits per heavy atom. The molecule has 0 aromatic carbocycles. The molecule has 16 heavy (non-hydrogen) atoms. The van der Waals surface area contributed by atoms with Crippen molar-refractivity contribution in [2.24, 2.45) is 5.41 Å². The van der Waals surface area contributed by atoms with Crippen molar-refractivity contribution in [3.05, 3.63) is 0 Å². The standard InChI is InChI=1S/C13H20N2O/c1-11-6-3-2-4-9-15(11)12(16)13(10-14)7-5-8-13/h11H,2-9H2,1H3. The first kappa shape index (κ1) is 11.4. The van der Waals surface area contributed by atoms with Crippen LogP contribution in [0.4, 0.5) is 0 Å². The molecular formula is C13H20N2O. The molecule has 1 amide bonds. The van der Waals surface area contributed by atoms with E-state index in [1.165, 1.54) is 12.8 Å². The zero-order valence-electron chi connectivity index (χ0n) is 10.0. The van der Waals surface area contributed by atoms with Crippen LogP contribution in [0.25, 0.3) is 0 Å². The topological polar surface area (TPSA) is 44.1 Å². The zero-order valence-corrected chi connectivity index (χ0v) is 10.0. The Morgan fingerprint density at radius 1 is 1.31 bits per heavy atom. The fraction of sp³-hybridized carbons (Fsp3) is 0.846. The maximum atomic E-state index is 12.4. The van der Waals surface area contributed by atoms with Gasteiger partial charge >= 0.3 is 0 Å². The Balaban J connectivity index is 2.10. The summed E-state index contributed by atoms with van der Waals surface area (Å²) in [6.07, 6.45) is 7.18. The van der Waals surface area contributed by atoms with Crippen LogP contribution in [0.15, 0.2) is 0 Å². The second-order valence-corrected chi connectivity index (χ2v) is 5.24. The van der Waals surface area contributed by atoms with Gasteiger partial charge < -0.3 is 4.90 Å². The van der Waals surface area contributed by atoms with Gasteiger partial charge in [-0.3, -0.25) is 4.79 Å². The summed E-state index contributed by atoms with van der Waals surface area (Å²) in [5, 5.41) is 9.20. The summed E-state index contributed by atoms with van der Waals surface area (Å²) in [6, 6.07) is 2.58. The van der Waals surface area contributed by atoms with Gasteiger partial charge in [0.25, 0.3) is 0 Å². The van der Waals surface area contributed by atoms with Gasteiger partial charge in [-0.1, -0.05) is 12.8 Å². The van der Waals surface area contributed by atoms with Crippen molar-refractivity contribution in [2.45, 2.75) is 57.9 Å². The number of carbonyl (C=O) groups excluding carboxylic acids is 1. The van der Waals surface area contributed by atoms with Crippen molar-refractivity contribution in [1.82, 2.24) is 4.90 Å². The van der Waals surface area contributed by atoms with Gasteiger partial charge in [0.2, 0.25) is 5.91 Å². The monoisotopic (exact) mass is 220 g/mol. The first-order chi connectivity index (χ1) is 7.69. The summed E-state index contributed by atoms with van der Waals surface area (Å²) in [5.74, 6) is 0.107. The van der Waals surface area contributed by atoms with Gasteiger partial charge in [0.05, 0.1) is 6.07 Å². The second kappa shape index (κ2) is 4.45. The van der Waals surface area contributed by atoms with E-state index in [9.17, 15) is 10.1 Å². The molecule has 1 unspecified atom stereocenters. The van der Waals surface area contributed by atoms with E-state index >= 15 is 0 Å². The first-order valence-electron chi connectivity index (χ1n) is 6.42. The van der Waals surface area contributed by atoms with Crippen molar-refractivity contribution < 1.29 is 4.79 Å². The third-order valence-corrected chi connectivity index (χ3v) is 4.14. The molecule has 1 saturated carbocycles. The largest absolute Gasteiger partial charge is 0.339 e. The molecule has 0 aromatic heterocycles. The van der Waals surface area contributed by atoms with E-state index in [0.717, 1.165) is 38.6 Å². The van der Waals surface area contributed by atoms with Crippen LogP contribution in [0.3, 0.4) is 0 Å². The van der Waals surface area contributed by atoms with Crippen molar-refractivity contribution in [3.8, 4) is 6.07 Å². The van der Waals surface area contributed by atoms with Crippen LogP contribution in [-0.4, -0.2) is 23.4 Å². The molecule has 88 valence electrons. The van der Waals surface area contributed by atoms with Gasteiger partial charge in [-0.25, -0.2) is 0 Å². The summed E-state index contributed by atoms with van der Waals surface area (Å²) in [7, 11) is 0. The lowest BCUT2D eigenvalue weighted by Gasteiger charge is -2.40. The Bertz CT molecular complexity index is 314. The van der Waals surface area contributed by atoms with E-state index in [1.54, 1.807) is 0 Å². The van der Waals surface area contributed by atoms with E-state index in [-0.39, 0.29) is 5.91 Å². The van der Waals surface area contributed by atoms with Crippen LogP contribution in [0.5, 0.6) is 0 Å². The SMILES string of the molecule is CC1CCCCCN1C(=O)C1(C#N)CCC1. The molecule has 2 rings (SSSR count). The molecule has 1 atom stereocenters. The Kier molecular flexibility index (Phi) is 3.18. The van der Waals surface area contributed by atoms with Crippen LogP contribution in [0.1, 0.15) is 51.9 Å². The van der Waals surface area contributed by atoms with Gasteiger partial charge in [0.15, 0.2) is 0 Å². The Morgan fingerprint density at radius 3 is 2.62 bits per heavy atom. The molecule has 1 saturated heterocycles. The molecule has 3 nitrogen and oxygen atoms in total.